The minimum absolute atomic E-state index is 0.0147. The Hall–Kier alpha value is -0.730. The second kappa shape index (κ2) is 27.6. The van der Waals surface area contributed by atoms with Crippen molar-refractivity contribution in [3.8, 4) is 0 Å². The second-order valence-corrected chi connectivity index (χ2v) is 13.2. The van der Waals surface area contributed by atoms with E-state index in [1.165, 1.54) is 122 Å². The van der Waals surface area contributed by atoms with Crippen molar-refractivity contribution in [1.82, 2.24) is 4.90 Å². The normalized spacial score (nSPS) is 22.2. The van der Waals surface area contributed by atoms with Gasteiger partial charge in [0.15, 0.2) is 6.23 Å². The van der Waals surface area contributed by atoms with Crippen molar-refractivity contribution in [2.45, 2.75) is 211 Å². The first-order valence-electron chi connectivity index (χ1n) is 18.7. The van der Waals surface area contributed by atoms with Gasteiger partial charge in [-0.25, -0.2) is 0 Å². The summed E-state index contributed by atoms with van der Waals surface area (Å²) in [5, 5.41) is 31.4. The Bertz CT molecular complexity index is 635. The largest absolute Gasteiger partial charge is 0.388 e. The fourth-order valence-corrected chi connectivity index (χ4v) is 6.34. The molecule has 7 nitrogen and oxygen atoms in total. The number of hydrogen-bond donors (Lipinski definition) is 4. The highest BCUT2D eigenvalue weighted by Crippen LogP contribution is 2.25. The molecule has 0 unspecified atom stereocenters. The number of nitrogens with zero attached hydrogens (tertiary/aromatic N) is 1. The van der Waals surface area contributed by atoms with Crippen LogP contribution in [0.2, 0.25) is 0 Å². The standard InChI is InChI=1S/C36H72N2O5/c1-3-5-7-9-11-13-15-16-17-18-19-20-22-24-26-28-32(39)38(29-27-25-23-21-14-12-10-8-6-4-2)36-35(42)34(41)33(40)31(30-37)43-36/h31,33-36,40-42H,3-30,37H2,1-2H3/t31-,33+,34+,35-,36-/m1/s1. The van der Waals surface area contributed by atoms with Gasteiger partial charge in [0, 0.05) is 19.5 Å². The molecule has 1 aliphatic heterocycles. The van der Waals surface area contributed by atoms with E-state index in [0.717, 1.165) is 38.5 Å². The summed E-state index contributed by atoms with van der Waals surface area (Å²) in [7, 11) is 0. The van der Waals surface area contributed by atoms with Crippen molar-refractivity contribution in [2.75, 3.05) is 13.1 Å². The summed E-state index contributed by atoms with van der Waals surface area (Å²) in [5.74, 6) is -0.0472. The molecule has 1 heterocycles. The Morgan fingerprint density at radius 3 is 1.33 bits per heavy atom. The average Bonchev–Trinajstić information content (AvgIpc) is 3.01. The van der Waals surface area contributed by atoms with Gasteiger partial charge in [-0.2, -0.15) is 0 Å². The second-order valence-electron chi connectivity index (χ2n) is 13.2. The van der Waals surface area contributed by atoms with Gasteiger partial charge in [-0.1, -0.05) is 162 Å². The number of amides is 1. The zero-order chi connectivity index (χ0) is 31.5. The van der Waals surface area contributed by atoms with E-state index in [1.54, 1.807) is 4.90 Å². The highest BCUT2D eigenvalue weighted by molar-refractivity contribution is 5.76. The molecule has 0 saturated carbocycles. The number of unbranched alkanes of at least 4 members (excludes halogenated alkanes) is 23. The van der Waals surface area contributed by atoms with E-state index >= 15 is 0 Å². The quantitative estimate of drug-likeness (QED) is 0.0642. The molecule has 43 heavy (non-hydrogen) atoms. The zero-order valence-corrected chi connectivity index (χ0v) is 28.4. The minimum Gasteiger partial charge on any atom is -0.388 e. The van der Waals surface area contributed by atoms with Gasteiger partial charge in [0.1, 0.15) is 24.4 Å². The molecule has 1 saturated heterocycles. The van der Waals surface area contributed by atoms with Gasteiger partial charge in [0.05, 0.1) is 0 Å². The molecule has 1 amide bonds. The van der Waals surface area contributed by atoms with Gasteiger partial charge < -0.3 is 30.7 Å². The van der Waals surface area contributed by atoms with Crippen molar-refractivity contribution in [3.63, 3.8) is 0 Å². The van der Waals surface area contributed by atoms with Crippen LogP contribution in [-0.2, 0) is 9.53 Å². The van der Waals surface area contributed by atoms with E-state index in [1.807, 2.05) is 0 Å². The summed E-state index contributed by atoms with van der Waals surface area (Å²) in [6.45, 7) is 5.01. The van der Waals surface area contributed by atoms with Crippen LogP contribution in [0.1, 0.15) is 181 Å². The number of carbonyl (C=O) groups excluding carboxylic acids is 1. The highest BCUT2D eigenvalue weighted by atomic mass is 16.6. The summed E-state index contributed by atoms with van der Waals surface area (Å²) in [4.78, 5) is 15.0. The summed E-state index contributed by atoms with van der Waals surface area (Å²) < 4.78 is 5.90. The molecule has 5 N–H and O–H groups in total. The molecular formula is C36H72N2O5. The highest BCUT2D eigenvalue weighted by Gasteiger charge is 2.46. The van der Waals surface area contributed by atoms with E-state index in [0.29, 0.717) is 13.0 Å². The topological polar surface area (TPSA) is 116 Å². The SMILES string of the molecule is CCCCCCCCCCCCCCCCCC(=O)N(CCCCCCCCCCCC)[C@@H]1O[C@H](CN)[C@H](O)[C@H](O)[C@H]1O. The maximum absolute atomic E-state index is 13.4. The van der Waals surface area contributed by atoms with E-state index in [-0.39, 0.29) is 12.5 Å². The van der Waals surface area contributed by atoms with Gasteiger partial charge in [0.25, 0.3) is 0 Å². The lowest BCUT2D eigenvalue weighted by Crippen LogP contribution is -2.64. The third-order valence-corrected chi connectivity index (χ3v) is 9.29. The third-order valence-electron chi connectivity index (χ3n) is 9.29. The molecule has 0 bridgehead atoms. The molecule has 256 valence electrons. The fraction of sp³-hybridized carbons (Fsp3) is 0.972. The fourth-order valence-electron chi connectivity index (χ4n) is 6.34. The van der Waals surface area contributed by atoms with Crippen molar-refractivity contribution in [2.24, 2.45) is 5.73 Å². The van der Waals surface area contributed by atoms with Crippen LogP contribution in [0.3, 0.4) is 0 Å². The number of aliphatic hydroxyl groups excluding tert-OH is 3. The Morgan fingerprint density at radius 2 is 0.930 bits per heavy atom. The lowest BCUT2D eigenvalue weighted by Gasteiger charge is -2.45. The first-order valence-corrected chi connectivity index (χ1v) is 18.7. The number of nitrogens with two attached hydrogens (primary N) is 1. The van der Waals surface area contributed by atoms with Gasteiger partial charge in [-0.05, 0) is 12.8 Å². The van der Waals surface area contributed by atoms with Crippen LogP contribution in [0.5, 0.6) is 0 Å². The molecule has 0 aliphatic carbocycles. The molecular weight excluding hydrogens is 540 g/mol. The van der Waals surface area contributed by atoms with Crippen LogP contribution in [-0.4, -0.2) is 69.9 Å². The number of aliphatic hydroxyl groups is 3. The summed E-state index contributed by atoms with van der Waals surface area (Å²) >= 11 is 0. The predicted octanol–water partition coefficient (Wildman–Crippen LogP) is 7.76. The van der Waals surface area contributed by atoms with E-state index in [2.05, 4.69) is 13.8 Å². The van der Waals surface area contributed by atoms with Gasteiger partial charge in [-0.3, -0.25) is 4.79 Å². The van der Waals surface area contributed by atoms with Crippen molar-refractivity contribution < 1.29 is 24.9 Å². The molecule has 5 atom stereocenters. The van der Waals surface area contributed by atoms with Crippen molar-refractivity contribution in [3.05, 3.63) is 0 Å². The van der Waals surface area contributed by atoms with E-state index < -0.39 is 30.6 Å². The lowest BCUT2D eigenvalue weighted by molar-refractivity contribution is -0.254. The Kier molecular flexibility index (Phi) is 25.8. The smallest absolute Gasteiger partial charge is 0.224 e. The number of carbonyl (C=O) groups is 1. The molecule has 0 radical (unpaired) electrons. The van der Waals surface area contributed by atoms with Crippen LogP contribution < -0.4 is 5.73 Å². The summed E-state index contributed by atoms with van der Waals surface area (Å²) in [6, 6.07) is 0. The number of hydrogen-bond acceptors (Lipinski definition) is 6. The Balaban J connectivity index is 2.34. The van der Waals surface area contributed by atoms with Gasteiger partial charge in [-0.15, -0.1) is 0 Å². The minimum atomic E-state index is -1.39. The van der Waals surface area contributed by atoms with Crippen LogP contribution in [0, 0.1) is 0 Å². The molecule has 1 aliphatic rings. The molecule has 1 fully saturated rings. The van der Waals surface area contributed by atoms with Crippen LogP contribution in [0.25, 0.3) is 0 Å². The van der Waals surface area contributed by atoms with Crippen molar-refractivity contribution in [1.29, 1.82) is 0 Å². The molecule has 0 spiro atoms. The average molecular weight is 613 g/mol. The molecule has 0 aromatic heterocycles. The monoisotopic (exact) mass is 613 g/mol. The first kappa shape index (κ1) is 40.3. The molecule has 0 aromatic rings. The maximum Gasteiger partial charge on any atom is 0.224 e. The predicted molar refractivity (Wildman–Crippen MR) is 179 cm³/mol. The lowest BCUT2D eigenvalue weighted by atomic mass is 9.97. The molecule has 7 heteroatoms. The molecule has 1 rings (SSSR count). The maximum atomic E-state index is 13.4. The van der Waals surface area contributed by atoms with Crippen LogP contribution in [0.4, 0.5) is 0 Å². The third kappa shape index (κ3) is 18.7. The number of rotatable bonds is 29. The summed E-state index contributed by atoms with van der Waals surface area (Å²) in [6.07, 6.45) is 25.8. The summed E-state index contributed by atoms with van der Waals surface area (Å²) in [5.41, 5.74) is 5.76. The first-order chi connectivity index (χ1) is 21.0. The van der Waals surface area contributed by atoms with Crippen LogP contribution in [0.15, 0.2) is 0 Å². The van der Waals surface area contributed by atoms with E-state index in [4.69, 9.17) is 10.5 Å². The van der Waals surface area contributed by atoms with Crippen molar-refractivity contribution >= 4 is 5.91 Å². The molecule has 0 aromatic carbocycles. The van der Waals surface area contributed by atoms with E-state index in [9.17, 15) is 20.1 Å². The Labute approximate surface area is 265 Å². The van der Waals surface area contributed by atoms with Crippen LogP contribution >= 0.6 is 0 Å². The Morgan fingerprint density at radius 1 is 0.558 bits per heavy atom. The van der Waals surface area contributed by atoms with Gasteiger partial charge >= 0.3 is 0 Å². The zero-order valence-electron chi connectivity index (χ0n) is 28.4. The van der Waals surface area contributed by atoms with Gasteiger partial charge in [0.2, 0.25) is 5.91 Å². The number of ether oxygens (including phenoxy) is 1.